The van der Waals surface area contributed by atoms with Crippen molar-refractivity contribution >= 4 is 11.8 Å². The zero-order valence-corrected chi connectivity index (χ0v) is 15.0. The molecule has 3 rings (SSSR count). The maximum atomic E-state index is 14.9. The van der Waals surface area contributed by atoms with Crippen molar-refractivity contribution in [2.45, 2.75) is 32.7 Å². The highest BCUT2D eigenvalue weighted by molar-refractivity contribution is 5.68. The fraction of sp³-hybridized carbons (Fsp3) is 0.611. The number of benzene rings is 1. The van der Waals surface area contributed by atoms with Crippen molar-refractivity contribution in [1.29, 1.82) is 0 Å². The maximum Gasteiger partial charge on any atom is 0.410 e. The van der Waals surface area contributed by atoms with E-state index in [-0.39, 0.29) is 11.9 Å². The summed E-state index contributed by atoms with van der Waals surface area (Å²) >= 11 is 0. The summed E-state index contributed by atoms with van der Waals surface area (Å²) in [4.78, 5) is 15.7. The normalized spacial score (nSPS) is 19.4. The third kappa shape index (κ3) is 4.22. The highest BCUT2D eigenvalue weighted by Crippen LogP contribution is 2.31. The molecule has 138 valence electrons. The summed E-state index contributed by atoms with van der Waals surface area (Å²) in [5.41, 5.74) is 0.417. The number of ether oxygens (including phenoxy) is 3. The lowest BCUT2D eigenvalue weighted by Crippen LogP contribution is -2.50. The lowest BCUT2D eigenvalue weighted by molar-refractivity contribution is -0.0464. The minimum absolute atomic E-state index is 0.319. The summed E-state index contributed by atoms with van der Waals surface area (Å²) in [7, 11) is 0. The van der Waals surface area contributed by atoms with Gasteiger partial charge in [0.15, 0.2) is 12.1 Å². The van der Waals surface area contributed by atoms with E-state index in [1.54, 1.807) is 23.1 Å². The molecule has 0 bridgehead atoms. The smallest absolute Gasteiger partial charge is 0.410 e. The molecule has 25 heavy (non-hydrogen) atoms. The largest absolute Gasteiger partial charge is 0.444 e. The number of anilines is 1. The van der Waals surface area contributed by atoms with Crippen molar-refractivity contribution in [1.82, 2.24) is 4.90 Å². The Hall–Kier alpha value is -1.86. The van der Waals surface area contributed by atoms with Gasteiger partial charge >= 0.3 is 6.09 Å². The van der Waals surface area contributed by atoms with Crippen LogP contribution in [0.3, 0.4) is 0 Å². The Labute approximate surface area is 147 Å². The van der Waals surface area contributed by atoms with Crippen LogP contribution in [0.4, 0.5) is 14.9 Å². The number of carbonyl (C=O) groups excluding carboxylic acids is 1. The standard InChI is InChI=1S/C18H25FN2O4/c1-18(2,3)25-17(22)21-9-7-20(8-10-21)14-6-4-5-13(15(14)19)16-23-11-12-24-16/h4-6,16H,7-12H2,1-3H3. The molecule has 0 aromatic heterocycles. The van der Waals surface area contributed by atoms with Gasteiger partial charge in [-0.15, -0.1) is 0 Å². The van der Waals surface area contributed by atoms with E-state index in [2.05, 4.69) is 0 Å². The first-order valence-corrected chi connectivity index (χ1v) is 8.59. The molecule has 0 atom stereocenters. The molecule has 0 saturated carbocycles. The molecule has 0 N–H and O–H groups in total. The SMILES string of the molecule is CC(C)(C)OC(=O)N1CCN(c2cccc(C3OCCO3)c2F)CC1. The number of amides is 1. The van der Waals surface area contributed by atoms with E-state index >= 15 is 0 Å². The minimum atomic E-state index is -0.636. The van der Waals surface area contributed by atoms with Gasteiger partial charge in [-0.1, -0.05) is 12.1 Å². The molecule has 1 amide bonds. The Kier molecular flexibility index (Phi) is 5.15. The van der Waals surface area contributed by atoms with Crippen molar-refractivity contribution in [3.8, 4) is 0 Å². The zero-order valence-electron chi connectivity index (χ0n) is 15.0. The molecule has 2 saturated heterocycles. The van der Waals surface area contributed by atoms with Crippen molar-refractivity contribution in [2.24, 2.45) is 0 Å². The second-order valence-electron chi connectivity index (χ2n) is 7.21. The van der Waals surface area contributed by atoms with Gasteiger partial charge in [0, 0.05) is 31.7 Å². The monoisotopic (exact) mass is 352 g/mol. The van der Waals surface area contributed by atoms with Gasteiger partial charge in [-0.3, -0.25) is 0 Å². The van der Waals surface area contributed by atoms with Gasteiger partial charge in [-0.25, -0.2) is 9.18 Å². The lowest BCUT2D eigenvalue weighted by Gasteiger charge is -2.37. The predicted molar refractivity (Wildman–Crippen MR) is 91.1 cm³/mol. The van der Waals surface area contributed by atoms with Crippen LogP contribution in [-0.2, 0) is 14.2 Å². The first-order valence-electron chi connectivity index (χ1n) is 8.59. The van der Waals surface area contributed by atoms with Gasteiger partial charge in [0.25, 0.3) is 0 Å². The topological polar surface area (TPSA) is 51.2 Å². The number of halogens is 1. The highest BCUT2D eigenvalue weighted by atomic mass is 19.1. The molecule has 2 heterocycles. The molecule has 0 unspecified atom stereocenters. The number of hydrogen-bond donors (Lipinski definition) is 0. The van der Waals surface area contributed by atoms with Gasteiger partial charge in [-0.05, 0) is 26.8 Å². The fourth-order valence-electron chi connectivity index (χ4n) is 2.96. The summed E-state index contributed by atoms with van der Waals surface area (Å²) in [6, 6.07) is 5.24. The van der Waals surface area contributed by atoms with Gasteiger partial charge in [-0.2, -0.15) is 0 Å². The Bertz CT molecular complexity index is 618. The van der Waals surface area contributed by atoms with E-state index in [0.29, 0.717) is 50.6 Å². The van der Waals surface area contributed by atoms with Crippen LogP contribution in [0.2, 0.25) is 0 Å². The zero-order chi connectivity index (χ0) is 18.0. The number of rotatable bonds is 2. The van der Waals surface area contributed by atoms with Gasteiger partial charge < -0.3 is 24.0 Å². The molecule has 0 radical (unpaired) electrons. The van der Waals surface area contributed by atoms with Crippen molar-refractivity contribution in [3.05, 3.63) is 29.6 Å². The Morgan fingerprint density at radius 2 is 1.80 bits per heavy atom. The van der Waals surface area contributed by atoms with E-state index in [4.69, 9.17) is 14.2 Å². The Morgan fingerprint density at radius 3 is 2.40 bits per heavy atom. The summed E-state index contributed by atoms with van der Waals surface area (Å²) in [6.45, 7) is 8.56. The first kappa shape index (κ1) is 17.9. The third-order valence-electron chi connectivity index (χ3n) is 4.16. The lowest BCUT2D eigenvalue weighted by atomic mass is 10.1. The van der Waals surface area contributed by atoms with Crippen LogP contribution < -0.4 is 4.90 Å². The van der Waals surface area contributed by atoms with Crippen LogP contribution in [0.15, 0.2) is 18.2 Å². The molecule has 0 aliphatic carbocycles. The number of hydrogen-bond acceptors (Lipinski definition) is 5. The average molecular weight is 352 g/mol. The summed E-state index contributed by atoms with van der Waals surface area (Å²) in [6.07, 6.45) is -0.961. The highest BCUT2D eigenvalue weighted by Gasteiger charge is 2.29. The number of piperazine rings is 1. The summed E-state index contributed by atoms with van der Waals surface area (Å²) in [5, 5.41) is 0. The van der Waals surface area contributed by atoms with E-state index < -0.39 is 11.9 Å². The third-order valence-corrected chi connectivity index (χ3v) is 4.16. The van der Waals surface area contributed by atoms with Crippen LogP contribution in [0.1, 0.15) is 32.6 Å². The first-order chi connectivity index (χ1) is 11.8. The Morgan fingerprint density at radius 1 is 1.16 bits per heavy atom. The van der Waals surface area contributed by atoms with Crippen LogP contribution >= 0.6 is 0 Å². The number of carbonyl (C=O) groups is 1. The molecule has 6 nitrogen and oxygen atoms in total. The van der Waals surface area contributed by atoms with Crippen LogP contribution in [0.25, 0.3) is 0 Å². The quantitative estimate of drug-likeness (QED) is 0.819. The minimum Gasteiger partial charge on any atom is -0.444 e. The Balaban J connectivity index is 1.65. The van der Waals surface area contributed by atoms with Crippen molar-refractivity contribution in [3.63, 3.8) is 0 Å². The average Bonchev–Trinajstić information content (AvgIpc) is 3.08. The van der Waals surface area contributed by atoms with Crippen LogP contribution in [-0.4, -0.2) is 56.0 Å². The molecule has 2 aliphatic heterocycles. The van der Waals surface area contributed by atoms with Crippen LogP contribution in [0, 0.1) is 5.82 Å². The summed E-state index contributed by atoms with van der Waals surface area (Å²) < 4.78 is 31.1. The molecule has 2 fully saturated rings. The van der Waals surface area contributed by atoms with Gasteiger partial charge in [0.1, 0.15) is 5.60 Å². The van der Waals surface area contributed by atoms with Crippen LogP contribution in [0.5, 0.6) is 0 Å². The fourth-order valence-corrected chi connectivity index (χ4v) is 2.96. The second kappa shape index (κ2) is 7.17. The predicted octanol–water partition coefficient (Wildman–Crippen LogP) is 2.93. The molecular formula is C18H25FN2O4. The molecule has 0 spiro atoms. The van der Waals surface area contributed by atoms with E-state index in [1.807, 2.05) is 25.7 Å². The van der Waals surface area contributed by atoms with Crippen molar-refractivity contribution in [2.75, 3.05) is 44.3 Å². The number of nitrogens with zero attached hydrogens (tertiary/aromatic N) is 2. The molecule has 2 aliphatic rings. The van der Waals surface area contributed by atoms with Gasteiger partial charge in [0.2, 0.25) is 0 Å². The summed E-state index contributed by atoms with van der Waals surface area (Å²) in [5.74, 6) is -0.319. The van der Waals surface area contributed by atoms with E-state index in [0.717, 1.165) is 0 Å². The molecule has 7 heteroatoms. The molecule has 1 aromatic carbocycles. The second-order valence-corrected chi connectivity index (χ2v) is 7.21. The molecule has 1 aromatic rings. The van der Waals surface area contributed by atoms with Gasteiger partial charge in [0.05, 0.1) is 18.9 Å². The van der Waals surface area contributed by atoms with E-state index in [9.17, 15) is 9.18 Å². The molecular weight excluding hydrogens is 327 g/mol. The maximum absolute atomic E-state index is 14.9. The van der Waals surface area contributed by atoms with Crippen molar-refractivity contribution < 1.29 is 23.4 Å². The van der Waals surface area contributed by atoms with E-state index in [1.165, 1.54) is 0 Å².